The molecule has 3 aliphatic carbocycles. The lowest BCUT2D eigenvalue weighted by atomic mass is 9.64. The van der Waals surface area contributed by atoms with Crippen LogP contribution in [0.1, 0.15) is 39.3 Å². The number of benzene rings is 5. The van der Waals surface area contributed by atoms with E-state index in [0.717, 1.165) is 0 Å². The van der Waals surface area contributed by atoms with Crippen molar-refractivity contribution in [2.45, 2.75) is 45.8 Å². The van der Waals surface area contributed by atoms with E-state index >= 15 is 0 Å². The van der Waals surface area contributed by atoms with Crippen LogP contribution in [0.3, 0.4) is 0 Å². The highest BCUT2D eigenvalue weighted by molar-refractivity contribution is 5.81. The van der Waals surface area contributed by atoms with E-state index in [1.165, 1.54) is 67.5 Å². The van der Waals surface area contributed by atoms with Crippen molar-refractivity contribution in [2.75, 3.05) is 9.80 Å². The molecule has 0 radical (unpaired) electrons. The van der Waals surface area contributed by atoms with Crippen molar-refractivity contribution < 1.29 is 4.74 Å². The number of para-hydroxylation sites is 2. The number of fused-ring (bicyclic) bond motifs is 7. The summed E-state index contributed by atoms with van der Waals surface area (Å²) < 4.78 is 6.81. The summed E-state index contributed by atoms with van der Waals surface area (Å²) in [6.45, 7) is 8.74. The van der Waals surface area contributed by atoms with Gasteiger partial charge in [-0.05, 0) is 122 Å². The first-order valence-electron chi connectivity index (χ1n) is 18.3. The Hall–Kier alpha value is -5.38. The minimum atomic E-state index is 0.0699. The zero-order chi connectivity index (χ0) is 34.6. The molecule has 1 saturated heterocycles. The van der Waals surface area contributed by atoms with Gasteiger partial charge in [-0.25, -0.2) is 0 Å². The fourth-order valence-corrected chi connectivity index (χ4v) is 8.98. The van der Waals surface area contributed by atoms with Crippen molar-refractivity contribution in [1.82, 2.24) is 0 Å². The summed E-state index contributed by atoms with van der Waals surface area (Å²) in [5.74, 6) is 1.28. The van der Waals surface area contributed by atoms with Crippen LogP contribution in [0.5, 0.6) is 0 Å². The largest absolute Gasteiger partial charge is 0.366 e. The number of hydrogen-bond acceptors (Lipinski definition) is 3. The van der Waals surface area contributed by atoms with Crippen molar-refractivity contribution in [3.8, 4) is 0 Å². The molecule has 6 atom stereocenters. The van der Waals surface area contributed by atoms with E-state index in [1.54, 1.807) is 0 Å². The average Bonchev–Trinajstić information content (AvgIpc) is 3.53. The van der Waals surface area contributed by atoms with Crippen molar-refractivity contribution in [1.29, 1.82) is 0 Å². The monoisotopic (exact) mass is 664 g/mol. The van der Waals surface area contributed by atoms with Crippen LogP contribution in [-0.2, 0) is 4.74 Å². The normalized spacial score (nSPS) is 23.9. The second kappa shape index (κ2) is 12.7. The van der Waals surface area contributed by atoms with Crippen LogP contribution in [0.4, 0.5) is 28.4 Å². The molecule has 1 fully saturated rings. The van der Waals surface area contributed by atoms with E-state index in [2.05, 4.69) is 195 Å². The molecule has 0 N–H and O–H groups in total. The molecule has 51 heavy (non-hydrogen) atoms. The number of anilines is 5. The van der Waals surface area contributed by atoms with Crippen LogP contribution in [0, 0.1) is 45.4 Å². The molecule has 5 aromatic rings. The van der Waals surface area contributed by atoms with Crippen LogP contribution in [0.15, 0.2) is 157 Å². The summed E-state index contributed by atoms with van der Waals surface area (Å²) >= 11 is 0. The third kappa shape index (κ3) is 5.57. The Balaban J connectivity index is 1.07. The molecule has 4 aliphatic rings. The molecule has 9 rings (SSSR count). The van der Waals surface area contributed by atoms with Gasteiger partial charge < -0.3 is 14.5 Å². The van der Waals surface area contributed by atoms with Crippen LogP contribution < -0.4 is 9.80 Å². The molecule has 3 nitrogen and oxygen atoms in total. The lowest BCUT2D eigenvalue weighted by molar-refractivity contribution is 0.0756. The Morgan fingerprint density at radius 2 is 1.18 bits per heavy atom. The Kier molecular flexibility index (Phi) is 7.89. The fourth-order valence-electron chi connectivity index (χ4n) is 8.98. The zero-order valence-corrected chi connectivity index (χ0v) is 29.8. The van der Waals surface area contributed by atoms with Gasteiger partial charge in [0.2, 0.25) is 0 Å². The van der Waals surface area contributed by atoms with Crippen molar-refractivity contribution in [3.63, 3.8) is 0 Å². The molecule has 0 bridgehead atoms. The highest BCUT2D eigenvalue weighted by atomic mass is 16.5. The summed E-state index contributed by atoms with van der Waals surface area (Å²) in [4.78, 5) is 4.83. The van der Waals surface area contributed by atoms with E-state index in [9.17, 15) is 0 Å². The van der Waals surface area contributed by atoms with Crippen molar-refractivity contribution in [3.05, 3.63) is 191 Å². The number of allylic oxidation sites excluding steroid dienone is 4. The highest BCUT2D eigenvalue weighted by Gasteiger charge is 2.51. The molecule has 252 valence electrons. The smallest absolute Gasteiger partial charge is 0.0839 e. The minimum absolute atomic E-state index is 0.0699. The molecule has 1 aliphatic heterocycles. The lowest BCUT2D eigenvalue weighted by Crippen LogP contribution is -2.35. The Bertz CT molecular complexity index is 2260. The zero-order valence-electron chi connectivity index (χ0n) is 29.8. The van der Waals surface area contributed by atoms with E-state index in [-0.39, 0.29) is 24.0 Å². The maximum absolute atomic E-state index is 6.81. The molecule has 1 heterocycles. The molecule has 0 amide bonds. The average molecular weight is 665 g/mol. The Labute approximate surface area is 302 Å². The van der Waals surface area contributed by atoms with Crippen molar-refractivity contribution in [2.24, 2.45) is 17.8 Å². The second-order valence-electron chi connectivity index (χ2n) is 14.8. The van der Waals surface area contributed by atoms with Gasteiger partial charge in [0.05, 0.1) is 12.2 Å². The van der Waals surface area contributed by atoms with Gasteiger partial charge in [-0.1, -0.05) is 103 Å². The van der Waals surface area contributed by atoms with Gasteiger partial charge in [-0.3, -0.25) is 0 Å². The topological polar surface area (TPSA) is 15.7 Å². The van der Waals surface area contributed by atoms with Gasteiger partial charge in [0.25, 0.3) is 0 Å². The predicted molar refractivity (Wildman–Crippen MR) is 212 cm³/mol. The van der Waals surface area contributed by atoms with Crippen molar-refractivity contribution >= 4 is 34.5 Å². The Morgan fingerprint density at radius 3 is 1.86 bits per heavy atom. The Morgan fingerprint density at radius 1 is 0.529 bits per heavy atom. The number of aryl methyl sites for hydroxylation is 4. The van der Waals surface area contributed by atoms with E-state index in [4.69, 9.17) is 4.74 Å². The van der Waals surface area contributed by atoms with Gasteiger partial charge in [-0.15, -0.1) is 0 Å². The van der Waals surface area contributed by atoms with Crippen LogP contribution in [0.25, 0.3) is 6.08 Å². The first kappa shape index (κ1) is 31.6. The summed E-state index contributed by atoms with van der Waals surface area (Å²) in [6, 6.07) is 42.1. The summed E-state index contributed by atoms with van der Waals surface area (Å²) in [5.41, 5.74) is 14.9. The fraction of sp³-hybridized carbons (Fsp3) is 0.208. The molecule has 3 heteroatoms. The maximum atomic E-state index is 6.81. The SMILES string of the molecule is Cc1cccc(N(C2=CC3C=CC4OC5C=Cc6cc(N(c7cccc(C)c7)c7ccccc7C)ccc6C5C4C3C=C2)c2ccccc2C)c1. The van der Waals surface area contributed by atoms with Crippen LogP contribution in [0.2, 0.25) is 0 Å². The summed E-state index contributed by atoms with van der Waals surface area (Å²) in [6.07, 6.45) is 16.9. The molecule has 5 aromatic carbocycles. The summed E-state index contributed by atoms with van der Waals surface area (Å²) in [7, 11) is 0. The van der Waals surface area contributed by atoms with Gasteiger partial charge in [-0.2, -0.15) is 0 Å². The third-order valence-electron chi connectivity index (χ3n) is 11.4. The minimum Gasteiger partial charge on any atom is -0.366 e. The molecular weight excluding hydrogens is 621 g/mol. The first-order chi connectivity index (χ1) is 24.9. The van der Waals surface area contributed by atoms with Crippen LogP contribution >= 0.6 is 0 Å². The molecular formula is C48H44N2O. The van der Waals surface area contributed by atoms with Gasteiger partial charge in [0, 0.05) is 51.9 Å². The quantitative estimate of drug-likeness (QED) is 0.168. The van der Waals surface area contributed by atoms with E-state index in [1.807, 2.05) is 0 Å². The van der Waals surface area contributed by atoms with E-state index < -0.39 is 0 Å². The number of nitrogens with zero attached hydrogens (tertiary/aromatic N) is 2. The van der Waals surface area contributed by atoms with Gasteiger partial charge in [0.1, 0.15) is 0 Å². The maximum Gasteiger partial charge on any atom is 0.0839 e. The lowest BCUT2D eigenvalue weighted by Gasteiger charge is -2.40. The number of hydrogen-bond donors (Lipinski definition) is 0. The van der Waals surface area contributed by atoms with Crippen LogP contribution in [-0.4, -0.2) is 12.2 Å². The van der Waals surface area contributed by atoms with Gasteiger partial charge in [0.15, 0.2) is 0 Å². The van der Waals surface area contributed by atoms with Gasteiger partial charge >= 0.3 is 0 Å². The third-order valence-corrected chi connectivity index (χ3v) is 11.4. The standard InChI is InChI=1S/C48H44N2O/c1-31-11-9-15-37(27-31)49(43-17-7-5-13-33(43)3)39-21-23-41-35(29-39)19-25-45-47(41)48-42-24-22-40(30-36(42)20-26-46(48)51-45)50(38-16-10-12-32(2)28-38)44-18-8-6-14-34(44)4/h5-30,35,41,45-48H,1-4H3. The molecule has 0 saturated carbocycles. The second-order valence-corrected chi connectivity index (χ2v) is 14.8. The number of rotatable bonds is 6. The predicted octanol–water partition coefficient (Wildman–Crippen LogP) is 12.0. The molecule has 0 aromatic heterocycles. The van der Waals surface area contributed by atoms with E-state index in [0.29, 0.717) is 11.8 Å². The molecule has 0 spiro atoms. The molecule has 6 unspecified atom stereocenters. The number of ether oxygens (including phenoxy) is 1. The highest BCUT2D eigenvalue weighted by Crippen LogP contribution is 2.54. The summed E-state index contributed by atoms with van der Waals surface area (Å²) in [5, 5.41) is 0. The first-order valence-corrected chi connectivity index (χ1v) is 18.3.